The summed E-state index contributed by atoms with van der Waals surface area (Å²) in [5, 5.41) is 7.54. The van der Waals surface area contributed by atoms with Crippen LogP contribution in [0.25, 0.3) is 11.4 Å². The lowest BCUT2D eigenvalue weighted by Gasteiger charge is -2.36. The number of benzene rings is 2. The van der Waals surface area contributed by atoms with Crippen LogP contribution >= 0.6 is 11.6 Å². The van der Waals surface area contributed by atoms with Crippen molar-refractivity contribution in [2.24, 2.45) is 0 Å². The predicted octanol–water partition coefficient (Wildman–Crippen LogP) is 4.33. The van der Waals surface area contributed by atoms with Gasteiger partial charge in [-0.2, -0.15) is 4.98 Å². The quantitative estimate of drug-likeness (QED) is 0.746. The standard InChI is InChI=1S/C19H17ClN4O2/c1-12-4-2-7-16(8-12)21-19(25)24-10-14(11-24)18-22-17(23-26-18)13-5-3-6-15(20)9-13/h2-9,14H,10-11H2,1H3,(H,21,25). The van der Waals surface area contributed by atoms with Gasteiger partial charge in [-0.3, -0.25) is 0 Å². The van der Waals surface area contributed by atoms with Crippen LogP contribution in [0.5, 0.6) is 0 Å². The zero-order chi connectivity index (χ0) is 18.1. The van der Waals surface area contributed by atoms with Crippen molar-refractivity contribution in [3.8, 4) is 11.4 Å². The van der Waals surface area contributed by atoms with Gasteiger partial charge >= 0.3 is 6.03 Å². The molecule has 1 N–H and O–H groups in total. The SMILES string of the molecule is Cc1cccc(NC(=O)N2CC(c3nc(-c4cccc(Cl)c4)no3)C2)c1. The van der Waals surface area contributed by atoms with Crippen molar-refractivity contribution in [1.29, 1.82) is 0 Å². The minimum Gasteiger partial charge on any atom is -0.339 e. The average molecular weight is 369 g/mol. The van der Waals surface area contributed by atoms with Crippen molar-refractivity contribution in [2.45, 2.75) is 12.8 Å². The molecule has 0 spiro atoms. The Kier molecular flexibility index (Phi) is 4.34. The second-order valence-electron chi connectivity index (χ2n) is 6.37. The molecule has 2 aromatic carbocycles. The second-order valence-corrected chi connectivity index (χ2v) is 6.80. The first-order valence-corrected chi connectivity index (χ1v) is 8.68. The Balaban J connectivity index is 1.37. The first-order chi connectivity index (χ1) is 12.6. The first kappa shape index (κ1) is 16.6. The molecule has 132 valence electrons. The van der Waals surface area contributed by atoms with Crippen molar-refractivity contribution >= 4 is 23.3 Å². The van der Waals surface area contributed by atoms with Gasteiger partial charge in [0.05, 0.1) is 5.92 Å². The molecule has 2 heterocycles. The number of anilines is 1. The number of halogens is 1. The van der Waals surface area contributed by atoms with Crippen LogP contribution in [0.3, 0.4) is 0 Å². The Labute approximate surface area is 155 Å². The van der Waals surface area contributed by atoms with Crippen LogP contribution in [0.1, 0.15) is 17.4 Å². The fraction of sp³-hybridized carbons (Fsp3) is 0.211. The summed E-state index contributed by atoms with van der Waals surface area (Å²) in [7, 11) is 0. The van der Waals surface area contributed by atoms with E-state index in [9.17, 15) is 4.79 Å². The van der Waals surface area contributed by atoms with Crippen LogP contribution in [0.4, 0.5) is 10.5 Å². The highest BCUT2D eigenvalue weighted by molar-refractivity contribution is 6.30. The lowest BCUT2D eigenvalue weighted by molar-refractivity contribution is 0.147. The van der Waals surface area contributed by atoms with Crippen LogP contribution in [-0.4, -0.2) is 34.2 Å². The maximum Gasteiger partial charge on any atom is 0.321 e. The Morgan fingerprint density at radius 3 is 2.81 bits per heavy atom. The van der Waals surface area contributed by atoms with Crippen molar-refractivity contribution in [3.05, 3.63) is 65.0 Å². The molecule has 0 unspecified atom stereocenters. The molecule has 6 nitrogen and oxygen atoms in total. The number of nitrogens with zero attached hydrogens (tertiary/aromatic N) is 3. The van der Waals surface area contributed by atoms with E-state index in [0.717, 1.165) is 16.8 Å². The smallest absolute Gasteiger partial charge is 0.321 e. The van der Waals surface area contributed by atoms with E-state index in [1.165, 1.54) is 0 Å². The zero-order valence-corrected chi connectivity index (χ0v) is 14.9. The predicted molar refractivity (Wildman–Crippen MR) is 99.3 cm³/mol. The number of hydrogen-bond acceptors (Lipinski definition) is 4. The van der Waals surface area contributed by atoms with Crippen molar-refractivity contribution in [3.63, 3.8) is 0 Å². The summed E-state index contributed by atoms with van der Waals surface area (Å²) in [5.41, 5.74) is 2.70. The van der Waals surface area contributed by atoms with Gasteiger partial charge in [-0.1, -0.05) is 41.0 Å². The Bertz CT molecular complexity index is 950. The van der Waals surface area contributed by atoms with E-state index in [4.69, 9.17) is 16.1 Å². The van der Waals surface area contributed by atoms with Gasteiger partial charge in [-0.15, -0.1) is 0 Å². The molecule has 0 atom stereocenters. The maximum absolute atomic E-state index is 12.3. The number of nitrogens with one attached hydrogen (secondary N) is 1. The Hall–Kier alpha value is -2.86. The fourth-order valence-electron chi connectivity index (χ4n) is 2.87. The minimum absolute atomic E-state index is 0.0543. The van der Waals surface area contributed by atoms with Gasteiger partial charge < -0.3 is 14.7 Å². The highest BCUT2D eigenvalue weighted by Gasteiger charge is 2.35. The molecule has 4 rings (SSSR count). The number of carbonyl (C=O) groups is 1. The zero-order valence-electron chi connectivity index (χ0n) is 14.1. The number of likely N-dealkylation sites (tertiary alicyclic amines) is 1. The molecule has 1 saturated heterocycles. The van der Waals surface area contributed by atoms with Crippen molar-refractivity contribution < 1.29 is 9.32 Å². The van der Waals surface area contributed by atoms with E-state index < -0.39 is 0 Å². The molecule has 1 aliphatic heterocycles. The van der Waals surface area contributed by atoms with Gasteiger partial charge in [0.1, 0.15) is 0 Å². The number of amides is 2. The summed E-state index contributed by atoms with van der Waals surface area (Å²) in [6, 6.07) is 14.9. The van der Waals surface area contributed by atoms with Gasteiger partial charge in [-0.25, -0.2) is 4.79 Å². The molecule has 0 radical (unpaired) electrons. The van der Waals surface area contributed by atoms with Crippen LogP contribution in [0, 0.1) is 6.92 Å². The molecule has 3 aromatic rings. The number of aryl methyl sites for hydroxylation is 1. The van der Waals surface area contributed by atoms with E-state index >= 15 is 0 Å². The normalized spacial score (nSPS) is 14.2. The molecule has 26 heavy (non-hydrogen) atoms. The number of rotatable bonds is 3. The summed E-state index contributed by atoms with van der Waals surface area (Å²) in [5.74, 6) is 1.10. The van der Waals surface area contributed by atoms with Crippen LogP contribution < -0.4 is 5.32 Å². The number of hydrogen-bond donors (Lipinski definition) is 1. The lowest BCUT2D eigenvalue weighted by atomic mass is 10.0. The molecule has 1 fully saturated rings. The van der Waals surface area contributed by atoms with Crippen molar-refractivity contribution in [2.75, 3.05) is 18.4 Å². The molecule has 0 aliphatic carbocycles. The molecular weight excluding hydrogens is 352 g/mol. The maximum atomic E-state index is 12.3. The topological polar surface area (TPSA) is 71.3 Å². The van der Waals surface area contributed by atoms with Gasteiger partial charge in [0.2, 0.25) is 11.7 Å². The molecule has 0 bridgehead atoms. The third-order valence-electron chi connectivity index (χ3n) is 4.31. The summed E-state index contributed by atoms with van der Waals surface area (Å²) in [6.07, 6.45) is 0. The number of urea groups is 1. The molecule has 1 aromatic heterocycles. The Morgan fingerprint density at radius 2 is 2.04 bits per heavy atom. The van der Waals surface area contributed by atoms with Gasteiger partial charge in [0, 0.05) is 29.4 Å². The van der Waals surface area contributed by atoms with Gasteiger partial charge in [-0.05, 0) is 36.8 Å². The summed E-state index contributed by atoms with van der Waals surface area (Å²) in [6.45, 7) is 3.09. The molecule has 2 amide bonds. The summed E-state index contributed by atoms with van der Waals surface area (Å²) in [4.78, 5) is 18.4. The fourth-order valence-corrected chi connectivity index (χ4v) is 3.06. The summed E-state index contributed by atoms with van der Waals surface area (Å²) < 4.78 is 5.36. The number of carbonyl (C=O) groups excluding carboxylic acids is 1. The molecular formula is C19H17ClN4O2. The molecule has 7 heteroatoms. The van der Waals surface area contributed by atoms with E-state index in [0.29, 0.717) is 29.8 Å². The minimum atomic E-state index is -0.124. The van der Waals surface area contributed by atoms with E-state index in [2.05, 4.69) is 15.5 Å². The average Bonchev–Trinajstić information content (AvgIpc) is 3.03. The first-order valence-electron chi connectivity index (χ1n) is 8.30. The lowest BCUT2D eigenvalue weighted by Crippen LogP contribution is -2.50. The Morgan fingerprint density at radius 1 is 1.23 bits per heavy atom. The summed E-state index contributed by atoms with van der Waals surface area (Å²) >= 11 is 6.00. The van der Waals surface area contributed by atoms with E-state index in [-0.39, 0.29) is 11.9 Å². The number of aromatic nitrogens is 2. The monoisotopic (exact) mass is 368 g/mol. The third-order valence-corrected chi connectivity index (χ3v) is 4.55. The highest BCUT2D eigenvalue weighted by Crippen LogP contribution is 2.28. The van der Waals surface area contributed by atoms with Crippen molar-refractivity contribution in [1.82, 2.24) is 15.0 Å². The van der Waals surface area contributed by atoms with E-state index in [1.54, 1.807) is 17.0 Å². The highest BCUT2D eigenvalue weighted by atomic mass is 35.5. The van der Waals surface area contributed by atoms with Crippen LogP contribution in [0.2, 0.25) is 5.02 Å². The van der Waals surface area contributed by atoms with Gasteiger partial charge in [0.25, 0.3) is 0 Å². The molecule has 1 aliphatic rings. The van der Waals surface area contributed by atoms with Crippen LogP contribution in [-0.2, 0) is 0 Å². The second kappa shape index (κ2) is 6.80. The third kappa shape index (κ3) is 3.41. The van der Waals surface area contributed by atoms with Crippen LogP contribution in [0.15, 0.2) is 53.1 Å². The molecule has 0 saturated carbocycles. The largest absolute Gasteiger partial charge is 0.339 e. The van der Waals surface area contributed by atoms with E-state index in [1.807, 2.05) is 43.3 Å². The van der Waals surface area contributed by atoms with Gasteiger partial charge in [0.15, 0.2) is 0 Å².